The van der Waals surface area contributed by atoms with E-state index in [9.17, 15) is 31.1 Å². The van der Waals surface area contributed by atoms with E-state index in [1.54, 1.807) is 0 Å². The summed E-state index contributed by atoms with van der Waals surface area (Å²) in [7, 11) is 1.35. The molecule has 0 bridgehead atoms. The molecule has 0 radical (unpaired) electrons. The highest BCUT2D eigenvalue weighted by Gasteiger charge is 2.29. The van der Waals surface area contributed by atoms with Crippen LogP contribution in [0.1, 0.15) is 11.1 Å². The van der Waals surface area contributed by atoms with Crippen molar-refractivity contribution < 1.29 is 66.8 Å². The Balaban J connectivity index is 0. The largest absolute Gasteiger partial charge is 0.542 e. The molecule has 1 aromatic rings. The van der Waals surface area contributed by atoms with Crippen LogP contribution in [0.15, 0.2) is 24.3 Å². The summed E-state index contributed by atoms with van der Waals surface area (Å²) in [5, 5.41) is 23.0. The highest BCUT2D eigenvalue weighted by Crippen LogP contribution is 2.12. The zero-order chi connectivity index (χ0) is 24.3. The third-order valence-electron chi connectivity index (χ3n) is 2.77. The molecule has 1 atom stereocenters. The zero-order valence-electron chi connectivity index (χ0n) is 15.2. The highest BCUT2D eigenvalue weighted by atomic mass is 19.4. The monoisotopic (exact) mass is 449 g/mol. The molecule has 0 aromatic heterocycles. The molecule has 1 rings (SSSR count). The molecule has 9 nitrogen and oxygen atoms in total. The fourth-order valence-corrected chi connectivity index (χ4v) is 1.37. The first kappa shape index (κ1) is 28.8. The van der Waals surface area contributed by atoms with Crippen LogP contribution in [0.25, 0.3) is 0 Å². The molecule has 170 valence electrons. The van der Waals surface area contributed by atoms with Gasteiger partial charge in [-0.15, -0.1) is 0 Å². The van der Waals surface area contributed by atoms with E-state index in [2.05, 4.69) is 10.5 Å². The Hall–Kier alpha value is -3.36. The molecule has 0 spiro atoms. The molecule has 0 saturated heterocycles. The summed E-state index contributed by atoms with van der Waals surface area (Å²) >= 11 is 0. The van der Waals surface area contributed by atoms with Crippen molar-refractivity contribution in [2.45, 2.75) is 24.8 Å². The molecular formula is C15H17F6N3O6. The van der Waals surface area contributed by atoms with Gasteiger partial charge in [0.2, 0.25) is 0 Å². The number of hydrogen-bond donors (Lipinski definition) is 3. The molecular weight excluding hydrogens is 432 g/mol. The second-order valence-electron chi connectivity index (χ2n) is 5.15. The topological polar surface area (TPSA) is 186 Å². The van der Waals surface area contributed by atoms with Crippen molar-refractivity contribution in [1.82, 2.24) is 0 Å². The molecule has 0 heterocycles. The fourth-order valence-electron chi connectivity index (χ4n) is 1.37. The van der Waals surface area contributed by atoms with Crippen LogP contribution in [0.5, 0.6) is 0 Å². The third kappa shape index (κ3) is 12.9. The first-order valence-electron chi connectivity index (χ1n) is 7.37. The molecule has 0 fully saturated rings. The molecule has 0 aliphatic rings. The van der Waals surface area contributed by atoms with Crippen LogP contribution in [0.2, 0.25) is 0 Å². The summed E-state index contributed by atoms with van der Waals surface area (Å²) in [6.45, 7) is 0. The lowest BCUT2D eigenvalue weighted by Gasteiger charge is -2.06. The third-order valence-corrected chi connectivity index (χ3v) is 2.77. The van der Waals surface area contributed by atoms with E-state index < -0.39 is 30.3 Å². The van der Waals surface area contributed by atoms with Crippen LogP contribution in [-0.4, -0.2) is 49.2 Å². The van der Waals surface area contributed by atoms with Gasteiger partial charge in [0, 0.05) is 6.42 Å². The molecule has 30 heavy (non-hydrogen) atoms. The number of carboxylic acid groups (broad SMARTS) is 2. The quantitative estimate of drug-likeness (QED) is 0.181. The summed E-state index contributed by atoms with van der Waals surface area (Å²) in [6.07, 6.45) is -9.85. The molecule has 7 N–H and O–H groups in total. The van der Waals surface area contributed by atoms with Crippen molar-refractivity contribution >= 4 is 23.7 Å². The number of methoxy groups -OCH3 is 1. The Kier molecular flexibility index (Phi) is 11.8. The summed E-state index contributed by atoms with van der Waals surface area (Å²) in [5.74, 6) is -6.04. The standard InChI is InChI=1S/C11H15N3O2.2C2HF3O2/c1-16-11(15)9(12)6-7-2-4-8(5-3-7)10(13)14;2*3-2(4,5)1(6)7/h2-5,9H,6,12H2,1H3,(H3,13,14);2*(H,6,7)/t9-;;/m0../s1. The van der Waals surface area contributed by atoms with Gasteiger partial charge in [0.15, 0.2) is 6.04 Å². The minimum atomic E-state index is -5.19. The number of carbonyl (C=O) groups excluding carboxylic acids is 3. The lowest BCUT2D eigenvalue weighted by molar-refractivity contribution is -0.407. The lowest BCUT2D eigenvalue weighted by Crippen LogP contribution is -2.66. The molecule has 1 aromatic carbocycles. The van der Waals surface area contributed by atoms with E-state index in [-0.39, 0.29) is 11.8 Å². The summed E-state index contributed by atoms with van der Waals surface area (Å²) < 4.78 is 67.7. The number of quaternary nitrogens is 1. The first-order valence-corrected chi connectivity index (χ1v) is 7.37. The minimum Gasteiger partial charge on any atom is -0.542 e. The van der Waals surface area contributed by atoms with Crippen molar-refractivity contribution in [3.63, 3.8) is 0 Å². The van der Waals surface area contributed by atoms with Crippen LogP contribution in [0.4, 0.5) is 26.3 Å². The number of halogens is 6. The van der Waals surface area contributed by atoms with E-state index >= 15 is 0 Å². The predicted octanol–water partition coefficient (Wildman–Crippen LogP) is -3.93. The van der Waals surface area contributed by atoms with Gasteiger partial charge in [-0.25, -0.2) is 4.79 Å². The Bertz CT molecular complexity index is 710. The summed E-state index contributed by atoms with van der Waals surface area (Å²) in [5.41, 5.74) is 11.0. The van der Waals surface area contributed by atoms with Crippen molar-refractivity contribution in [2.75, 3.05) is 7.11 Å². The van der Waals surface area contributed by atoms with Crippen molar-refractivity contribution in [1.29, 1.82) is 0 Å². The van der Waals surface area contributed by atoms with Crippen LogP contribution in [-0.2, 0) is 25.5 Å². The predicted molar refractivity (Wildman–Crippen MR) is 81.2 cm³/mol. The maximum atomic E-state index is 11.2. The van der Waals surface area contributed by atoms with Crippen molar-refractivity contribution in [3.05, 3.63) is 35.4 Å². The van der Waals surface area contributed by atoms with Gasteiger partial charge in [0.05, 0.1) is 12.7 Å². The summed E-state index contributed by atoms with van der Waals surface area (Å²) in [4.78, 5) is 28.7. The van der Waals surface area contributed by atoms with Gasteiger partial charge in [-0.05, 0) is 17.7 Å². The molecule has 0 saturated carbocycles. The zero-order valence-corrected chi connectivity index (χ0v) is 15.2. The smallest absolute Gasteiger partial charge is 0.430 e. The molecule has 0 amide bonds. The number of amidine groups is 1. The average Bonchev–Trinajstić information content (AvgIpc) is 2.60. The second kappa shape index (κ2) is 12.3. The number of ether oxygens (including phenoxy) is 1. The lowest BCUT2D eigenvalue weighted by atomic mass is 10.0. The maximum Gasteiger partial charge on any atom is 0.430 e. The van der Waals surface area contributed by atoms with Crippen molar-refractivity contribution in [2.24, 2.45) is 5.73 Å². The number of hydrogen-bond acceptors (Lipinski definition) is 6. The van der Waals surface area contributed by atoms with E-state index in [0.29, 0.717) is 6.42 Å². The van der Waals surface area contributed by atoms with E-state index in [1.165, 1.54) is 7.11 Å². The Morgan fingerprint density at radius 3 is 1.60 bits per heavy atom. The van der Waals surface area contributed by atoms with E-state index in [4.69, 9.17) is 30.9 Å². The molecule has 15 heteroatoms. The van der Waals surface area contributed by atoms with Gasteiger partial charge in [0.1, 0.15) is 11.9 Å². The summed E-state index contributed by atoms with van der Waals surface area (Å²) in [6, 6.07) is 6.98. The van der Waals surface area contributed by atoms with Gasteiger partial charge >= 0.3 is 18.3 Å². The number of carboxylic acids is 2. The fraction of sp³-hybridized carbons (Fsp3) is 0.333. The Morgan fingerprint density at radius 1 is 1.03 bits per heavy atom. The number of aliphatic carboxylic acids is 2. The number of nitrogens with two attached hydrogens (primary N) is 2. The van der Waals surface area contributed by atoms with Gasteiger partial charge in [-0.1, -0.05) is 12.1 Å². The molecule has 0 unspecified atom stereocenters. The Morgan fingerprint density at radius 2 is 1.37 bits per heavy atom. The van der Waals surface area contributed by atoms with Crippen LogP contribution in [0.3, 0.4) is 0 Å². The number of rotatable bonds is 4. The Labute approximate surface area is 164 Å². The average molecular weight is 449 g/mol. The number of benzene rings is 1. The van der Waals surface area contributed by atoms with Crippen LogP contribution < -0.4 is 27.1 Å². The first-order chi connectivity index (χ1) is 13.4. The number of carbonyl (C=O) groups is 3. The SMILES string of the molecule is COC(=O)[C@@H]([NH3+])Cc1ccc(C(N)=[NH2+])cc1.O=C([O-])C(F)(F)F.O=C([O-])C(F)(F)F. The molecule has 0 aliphatic carbocycles. The molecule has 0 aliphatic heterocycles. The van der Waals surface area contributed by atoms with Gasteiger partial charge in [0.25, 0.3) is 5.84 Å². The highest BCUT2D eigenvalue weighted by molar-refractivity contribution is 5.92. The van der Waals surface area contributed by atoms with Gasteiger partial charge in [-0.2, -0.15) is 26.3 Å². The van der Waals surface area contributed by atoms with Crippen molar-refractivity contribution in [3.8, 4) is 0 Å². The van der Waals surface area contributed by atoms with Gasteiger partial charge in [-0.3, -0.25) is 11.1 Å². The maximum absolute atomic E-state index is 11.2. The number of esters is 1. The van der Waals surface area contributed by atoms with Crippen LogP contribution >= 0.6 is 0 Å². The normalized spacial score (nSPS) is 11.6. The van der Waals surface area contributed by atoms with Crippen LogP contribution in [0, 0.1) is 0 Å². The number of alkyl halides is 6. The van der Waals surface area contributed by atoms with Gasteiger partial charge < -0.3 is 30.3 Å². The second-order valence-corrected chi connectivity index (χ2v) is 5.15. The van der Waals surface area contributed by atoms with E-state index in [0.717, 1.165) is 11.1 Å². The minimum absolute atomic E-state index is 0.283. The van der Waals surface area contributed by atoms with E-state index in [1.807, 2.05) is 24.3 Å².